The van der Waals surface area contributed by atoms with Crippen LogP contribution in [0.25, 0.3) is 0 Å². The number of hydrogen-bond donors (Lipinski definition) is 2. The van der Waals surface area contributed by atoms with E-state index in [1.807, 2.05) is 19.9 Å². The molecule has 0 aromatic heterocycles. The van der Waals surface area contributed by atoms with E-state index >= 15 is 0 Å². The highest BCUT2D eigenvalue weighted by atomic mass is 16.5. The van der Waals surface area contributed by atoms with Crippen molar-refractivity contribution >= 4 is 11.7 Å². The zero-order valence-corrected chi connectivity index (χ0v) is 15.2. The summed E-state index contributed by atoms with van der Waals surface area (Å²) in [6, 6.07) is 13.7. The number of carboxylic acid groups (broad SMARTS) is 1. The summed E-state index contributed by atoms with van der Waals surface area (Å²) in [5.74, 6) is -0.0240. The first-order chi connectivity index (χ1) is 12.3. The molecule has 0 saturated heterocycles. The molecule has 0 aliphatic carbocycles. The fraction of sp³-hybridized carbons (Fsp3) is 0.300. The van der Waals surface area contributed by atoms with Gasteiger partial charge < -0.3 is 19.9 Å². The van der Waals surface area contributed by atoms with E-state index in [2.05, 4.69) is 5.32 Å². The maximum absolute atomic E-state index is 12.0. The summed E-state index contributed by atoms with van der Waals surface area (Å²) >= 11 is 0. The average molecular weight is 354 g/mol. The Morgan fingerprint density at radius 1 is 1.19 bits per heavy atom. The highest BCUT2D eigenvalue weighted by molar-refractivity contribution is 5.84. The van der Waals surface area contributed by atoms with Crippen molar-refractivity contribution < 1.29 is 19.4 Å². The summed E-state index contributed by atoms with van der Waals surface area (Å²) in [6.07, 6.45) is -0.0302. The predicted molar refractivity (Wildman–Crippen MR) is 98.5 cm³/mol. The Hall–Kier alpha value is -3.20. The minimum atomic E-state index is -1.39. The van der Waals surface area contributed by atoms with E-state index in [4.69, 9.17) is 14.7 Å². The Balaban J connectivity index is 2.41. The molecule has 0 aliphatic heterocycles. The first-order valence-corrected chi connectivity index (χ1v) is 8.17. The van der Waals surface area contributed by atoms with Crippen LogP contribution in [-0.4, -0.2) is 24.3 Å². The first kappa shape index (κ1) is 19.1. The molecule has 0 saturated carbocycles. The standard InChI is InChI=1S/C20H22N2O4/c1-13(2)26-17-10-7-15(11-18(17)25-4)20(3,19(23)24)22-16-8-5-14(12-21)6-9-16/h5-11,13,22H,1-4H3,(H,23,24). The van der Waals surface area contributed by atoms with Crippen LogP contribution in [0, 0.1) is 11.3 Å². The maximum atomic E-state index is 12.0. The summed E-state index contributed by atoms with van der Waals surface area (Å²) in [5, 5.41) is 21.8. The second kappa shape index (κ2) is 7.79. The topological polar surface area (TPSA) is 91.6 Å². The van der Waals surface area contributed by atoms with Crippen LogP contribution in [0.3, 0.4) is 0 Å². The van der Waals surface area contributed by atoms with Crippen molar-refractivity contribution in [3.05, 3.63) is 53.6 Å². The number of carboxylic acids is 1. The Morgan fingerprint density at radius 3 is 2.35 bits per heavy atom. The summed E-state index contributed by atoms with van der Waals surface area (Å²) in [7, 11) is 1.51. The number of hydrogen-bond acceptors (Lipinski definition) is 5. The third kappa shape index (κ3) is 4.06. The van der Waals surface area contributed by atoms with Crippen LogP contribution in [0.5, 0.6) is 11.5 Å². The monoisotopic (exact) mass is 354 g/mol. The summed E-state index contributed by atoms with van der Waals surface area (Å²) in [4.78, 5) is 12.0. The SMILES string of the molecule is COc1cc(C(C)(Nc2ccc(C#N)cc2)C(=O)O)ccc1OC(C)C. The van der Waals surface area contributed by atoms with E-state index in [1.54, 1.807) is 49.4 Å². The van der Waals surface area contributed by atoms with Gasteiger partial charge in [0, 0.05) is 5.69 Å². The number of methoxy groups -OCH3 is 1. The van der Waals surface area contributed by atoms with E-state index in [0.29, 0.717) is 28.3 Å². The molecule has 0 bridgehead atoms. The first-order valence-electron chi connectivity index (χ1n) is 8.17. The van der Waals surface area contributed by atoms with Gasteiger partial charge in [-0.2, -0.15) is 5.26 Å². The van der Waals surface area contributed by atoms with Gasteiger partial charge in [0.25, 0.3) is 0 Å². The molecule has 26 heavy (non-hydrogen) atoms. The Labute approximate surface area is 153 Å². The molecule has 0 spiro atoms. The van der Waals surface area contributed by atoms with Gasteiger partial charge in [-0.3, -0.25) is 0 Å². The number of rotatable bonds is 7. The number of aliphatic carboxylic acids is 1. The lowest BCUT2D eigenvalue weighted by Gasteiger charge is -2.29. The Kier molecular flexibility index (Phi) is 5.73. The van der Waals surface area contributed by atoms with Gasteiger partial charge in [0.1, 0.15) is 0 Å². The largest absolute Gasteiger partial charge is 0.493 e. The third-order valence-electron chi connectivity index (χ3n) is 3.94. The molecule has 0 aliphatic rings. The van der Waals surface area contributed by atoms with Crippen LogP contribution >= 0.6 is 0 Å². The average Bonchev–Trinajstić information content (AvgIpc) is 2.61. The van der Waals surface area contributed by atoms with Gasteiger partial charge in [0.05, 0.1) is 24.8 Å². The normalized spacial score (nSPS) is 12.8. The molecular weight excluding hydrogens is 332 g/mol. The van der Waals surface area contributed by atoms with Gasteiger partial charge in [0.15, 0.2) is 17.0 Å². The molecule has 1 atom stereocenters. The fourth-order valence-electron chi connectivity index (χ4n) is 2.50. The lowest BCUT2D eigenvalue weighted by atomic mass is 9.91. The van der Waals surface area contributed by atoms with Crippen LogP contribution in [0.1, 0.15) is 31.9 Å². The van der Waals surface area contributed by atoms with Crippen LogP contribution < -0.4 is 14.8 Å². The van der Waals surface area contributed by atoms with Crippen molar-refractivity contribution in [1.29, 1.82) is 5.26 Å². The Bertz CT molecular complexity index is 825. The van der Waals surface area contributed by atoms with Crippen molar-refractivity contribution in [2.75, 3.05) is 12.4 Å². The van der Waals surface area contributed by atoms with Crippen molar-refractivity contribution in [3.8, 4) is 17.6 Å². The third-order valence-corrected chi connectivity index (χ3v) is 3.94. The van der Waals surface area contributed by atoms with Crippen molar-refractivity contribution in [1.82, 2.24) is 0 Å². The second-order valence-electron chi connectivity index (χ2n) is 6.28. The number of nitriles is 1. The van der Waals surface area contributed by atoms with E-state index in [9.17, 15) is 9.90 Å². The van der Waals surface area contributed by atoms with Gasteiger partial charge >= 0.3 is 5.97 Å². The van der Waals surface area contributed by atoms with Gasteiger partial charge in [-0.25, -0.2) is 4.79 Å². The van der Waals surface area contributed by atoms with E-state index in [0.717, 1.165) is 0 Å². The van der Waals surface area contributed by atoms with E-state index in [-0.39, 0.29) is 6.10 Å². The molecular formula is C20H22N2O4. The molecule has 2 aromatic rings. The zero-order valence-electron chi connectivity index (χ0n) is 15.2. The van der Waals surface area contributed by atoms with E-state index in [1.165, 1.54) is 7.11 Å². The lowest BCUT2D eigenvalue weighted by molar-refractivity contribution is -0.142. The molecule has 6 heteroatoms. The van der Waals surface area contributed by atoms with Crippen molar-refractivity contribution in [3.63, 3.8) is 0 Å². The van der Waals surface area contributed by atoms with Crippen molar-refractivity contribution in [2.24, 2.45) is 0 Å². The predicted octanol–water partition coefficient (Wildman–Crippen LogP) is 3.77. The highest BCUT2D eigenvalue weighted by Crippen LogP contribution is 2.35. The van der Waals surface area contributed by atoms with Crippen LogP contribution in [0.4, 0.5) is 5.69 Å². The number of nitrogens with one attached hydrogen (secondary N) is 1. The molecule has 1 unspecified atom stereocenters. The summed E-state index contributed by atoms with van der Waals surface area (Å²) in [5.41, 5.74) is 0.222. The van der Waals surface area contributed by atoms with Gasteiger partial charge in [0.2, 0.25) is 0 Å². The molecule has 0 heterocycles. The van der Waals surface area contributed by atoms with Gasteiger partial charge in [-0.05, 0) is 62.7 Å². The van der Waals surface area contributed by atoms with Gasteiger partial charge in [-0.15, -0.1) is 0 Å². The fourth-order valence-corrected chi connectivity index (χ4v) is 2.50. The van der Waals surface area contributed by atoms with Gasteiger partial charge in [-0.1, -0.05) is 6.07 Å². The number of nitrogens with zero attached hydrogens (tertiary/aromatic N) is 1. The second-order valence-corrected chi connectivity index (χ2v) is 6.28. The molecule has 0 amide bonds. The molecule has 0 fully saturated rings. The summed E-state index contributed by atoms with van der Waals surface area (Å²) < 4.78 is 11.0. The van der Waals surface area contributed by atoms with Crippen LogP contribution in [0.15, 0.2) is 42.5 Å². The van der Waals surface area contributed by atoms with Crippen molar-refractivity contribution in [2.45, 2.75) is 32.4 Å². The number of anilines is 1. The molecule has 2 N–H and O–H groups in total. The van der Waals surface area contributed by atoms with Crippen LogP contribution in [-0.2, 0) is 10.3 Å². The highest BCUT2D eigenvalue weighted by Gasteiger charge is 2.36. The van der Waals surface area contributed by atoms with E-state index < -0.39 is 11.5 Å². The number of benzene rings is 2. The molecule has 136 valence electrons. The maximum Gasteiger partial charge on any atom is 0.333 e. The smallest absolute Gasteiger partial charge is 0.333 e. The molecule has 2 rings (SSSR count). The minimum absolute atomic E-state index is 0.0302. The minimum Gasteiger partial charge on any atom is -0.493 e. The Morgan fingerprint density at radius 2 is 1.85 bits per heavy atom. The molecule has 0 radical (unpaired) electrons. The summed E-state index contributed by atoms with van der Waals surface area (Å²) in [6.45, 7) is 5.38. The molecule has 6 nitrogen and oxygen atoms in total. The quantitative estimate of drug-likeness (QED) is 0.786. The number of ether oxygens (including phenoxy) is 2. The lowest BCUT2D eigenvalue weighted by Crippen LogP contribution is -2.40. The molecule has 2 aromatic carbocycles. The zero-order chi connectivity index (χ0) is 19.3. The van der Waals surface area contributed by atoms with Crippen LogP contribution in [0.2, 0.25) is 0 Å². The number of carbonyl (C=O) groups is 1.